The van der Waals surface area contributed by atoms with Crippen LogP contribution in [-0.2, 0) is 23.3 Å². The van der Waals surface area contributed by atoms with Crippen LogP contribution < -0.4 is 0 Å². The summed E-state index contributed by atoms with van der Waals surface area (Å²) in [4.78, 5) is 0. The number of allylic oxidation sites excluding steroid dienone is 4. The van der Waals surface area contributed by atoms with E-state index in [9.17, 15) is 0 Å². The van der Waals surface area contributed by atoms with Crippen molar-refractivity contribution in [2.75, 3.05) is 0 Å². The molecule has 4 rings (SSSR count). The molecule has 0 saturated heterocycles. The Morgan fingerprint density at radius 2 is 1.43 bits per heavy atom. The molecular weight excluding hydrogens is 503 g/mol. The maximum absolute atomic E-state index is 3.36. The molecule has 0 spiro atoms. The average Bonchev–Trinajstić information content (AvgIpc) is 3.20. The minimum absolute atomic E-state index is 0. The van der Waals surface area contributed by atoms with Crippen LogP contribution in [0.15, 0.2) is 83.4 Å². The van der Waals surface area contributed by atoms with Gasteiger partial charge in [0.2, 0.25) is 0 Å². The van der Waals surface area contributed by atoms with Gasteiger partial charge in [0.1, 0.15) is 0 Å². The topological polar surface area (TPSA) is 0 Å². The maximum atomic E-state index is 3.36. The van der Waals surface area contributed by atoms with Gasteiger partial charge in [-0.3, -0.25) is 6.08 Å². The Labute approximate surface area is 210 Å². The van der Waals surface area contributed by atoms with Gasteiger partial charge >= 0.3 is 41.9 Å². The molecule has 1 unspecified atom stereocenters. The van der Waals surface area contributed by atoms with Crippen LogP contribution in [0.4, 0.5) is 0 Å². The van der Waals surface area contributed by atoms with Gasteiger partial charge in [0.25, 0.3) is 0 Å². The zero-order chi connectivity index (χ0) is 20.7. The molecule has 0 radical (unpaired) electrons. The van der Waals surface area contributed by atoms with Gasteiger partial charge in [-0.2, -0.15) is 11.1 Å². The Bertz CT molecular complexity index is 996. The summed E-state index contributed by atoms with van der Waals surface area (Å²) in [7, 11) is 0. The third-order valence-electron chi connectivity index (χ3n) is 5.00. The molecule has 0 heterocycles. The molecule has 0 fully saturated rings. The van der Waals surface area contributed by atoms with E-state index in [1.165, 1.54) is 38.6 Å². The molecule has 0 nitrogen and oxygen atoms in total. The summed E-state index contributed by atoms with van der Waals surface area (Å²) in [6.45, 7) is 13.3. The molecule has 0 N–H and O–H groups in total. The van der Waals surface area contributed by atoms with Crippen molar-refractivity contribution in [3.8, 4) is 11.1 Å². The molecule has 1 aliphatic carbocycles. The second-order valence-electron chi connectivity index (χ2n) is 7.50. The third kappa shape index (κ3) is 8.39. The summed E-state index contributed by atoms with van der Waals surface area (Å²) >= 11 is 1.74. The minimum atomic E-state index is 0. The predicted molar refractivity (Wildman–Crippen MR) is 137 cm³/mol. The van der Waals surface area contributed by atoms with Gasteiger partial charge in [-0.25, -0.2) is 5.57 Å². The van der Waals surface area contributed by atoms with Crippen LogP contribution in [0.1, 0.15) is 27.7 Å². The Morgan fingerprint density at radius 1 is 0.900 bits per heavy atom. The van der Waals surface area contributed by atoms with Crippen LogP contribution in [-0.4, -0.2) is 5.43 Å². The van der Waals surface area contributed by atoms with E-state index in [0.717, 1.165) is 0 Å². The van der Waals surface area contributed by atoms with Gasteiger partial charge in [-0.1, -0.05) is 68.7 Å². The van der Waals surface area contributed by atoms with E-state index in [0.29, 0.717) is 5.92 Å². The van der Waals surface area contributed by atoms with E-state index < -0.39 is 0 Å². The molecular formula is C26H32Cl2SiZr. The van der Waals surface area contributed by atoms with E-state index in [4.69, 9.17) is 0 Å². The summed E-state index contributed by atoms with van der Waals surface area (Å²) in [5.41, 5.74) is 7.07. The van der Waals surface area contributed by atoms with Gasteiger partial charge < -0.3 is 0 Å². The predicted octanol–water partition coefficient (Wildman–Crippen LogP) is 8.58. The molecule has 0 aromatic heterocycles. The molecule has 0 saturated carbocycles. The quantitative estimate of drug-likeness (QED) is 0.217. The van der Waals surface area contributed by atoms with Crippen molar-refractivity contribution in [3.05, 3.63) is 89.5 Å². The van der Waals surface area contributed by atoms with Crippen LogP contribution in [0.25, 0.3) is 21.9 Å². The maximum Gasteiger partial charge on any atom is -0.0623 e. The SMILES string of the molecule is CC1=[C-]C(C)C(C)=C1C.C[Si](C)=[Zr+2].Cl.Cl.c1ccc(-c2c[cH-]c3ccccc23)cc1. The van der Waals surface area contributed by atoms with Crippen molar-refractivity contribution >= 4 is 41.0 Å². The number of hydrogen-bond acceptors (Lipinski definition) is 0. The van der Waals surface area contributed by atoms with E-state index >= 15 is 0 Å². The molecule has 0 bridgehead atoms. The molecule has 3 aromatic rings. The van der Waals surface area contributed by atoms with Crippen molar-refractivity contribution in [2.45, 2.75) is 40.8 Å². The van der Waals surface area contributed by atoms with Crippen molar-refractivity contribution in [1.29, 1.82) is 0 Å². The summed E-state index contributed by atoms with van der Waals surface area (Å²) < 4.78 is 0. The monoisotopic (exact) mass is 532 g/mol. The van der Waals surface area contributed by atoms with Crippen LogP contribution in [0.2, 0.25) is 13.1 Å². The van der Waals surface area contributed by atoms with Gasteiger partial charge in [0.05, 0.1) is 0 Å². The van der Waals surface area contributed by atoms with Crippen molar-refractivity contribution < 1.29 is 23.3 Å². The van der Waals surface area contributed by atoms with Gasteiger partial charge in [-0.15, -0.1) is 78.4 Å². The minimum Gasteiger partial charge on any atom is -0.150 e. The zero-order valence-electron chi connectivity index (χ0n) is 18.7. The molecule has 158 valence electrons. The fourth-order valence-corrected chi connectivity index (χ4v) is 3.18. The van der Waals surface area contributed by atoms with Gasteiger partial charge in [0.15, 0.2) is 0 Å². The molecule has 1 aliphatic rings. The Hall–Kier alpha value is -0.790. The van der Waals surface area contributed by atoms with E-state index in [-0.39, 0.29) is 30.2 Å². The summed E-state index contributed by atoms with van der Waals surface area (Å²) in [6, 6.07) is 23.4. The summed E-state index contributed by atoms with van der Waals surface area (Å²) in [6.07, 6.45) is 3.36. The van der Waals surface area contributed by atoms with E-state index in [2.05, 4.69) is 114 Å². The fourth-order valence-electron chi connectivity index (χ4n) is 3.18. The van der Waals surface area contributed by atoms with Crippen molar-refractivity contribution in [1.82, 2.24) is 0 Å². The number of hydrogen-bond donors (Lipinski definition) is 0. The molecule has 30 heavy (non-hydrogen) atoms. The zero-order valence-corrected chi connectivity index (χ0v) is 23.8. The Balaban J connectivity index is 0.000000486. The Kier molecular flexibility index (Phi) is 13.9. The van der Waals surface area contributed by atoms with Gasteiger partial charge in [0, 0.05) is 0 Å². The average molecular weight is 535 g/mol. The second kappa shape index (κ2) is 14.3. The van der Waals surface area contributed by atoms with Gasteiger partial charge in [-0.05, 0) is 0 Å². The van der Waals surface area contributed by atoms with Crippen molar-refractivity contribution in [3.63, 3.8) is 0 Å². The molecule has 4 heteroatoms. The van der Waals surface area contributed by atoms with Crippen molar-refractivity contribution in [2.24, 2.45) is 5.92 Å². The summed E-state index contributed by atoms with van der Waals surface area (Å²) in [5, 5.41) is 2.65. The number of rotatable bonds is 1. The normalized spacial score (nSPS) is 14.4. The number of halogens is 2. The first-order valence-electron chi connectivity index (χ1n) is 9.80. The molecule has 1 atom stereocenters. The largest absolute Gasteiger partial charge is 0.150 e. The van der Waals surface area contributed by atoms with E-state index in [1.807, 2.05) is 0 Å². The molecule has 0 aliphatic heterocycles. The smallest absolute Gasteiger partial charge is 0.0623 e. The third-order valence-corrected chi connectivity index (χ3v) is 5.00. The first-order chi connectivity index (χ1) is 13.3. The number of fused-ring (bicyclic) bond motifs is 1. The second-order valence-corrected chi connectivity index (χ2v) is 16.9. The standard InChI is InChI=1S/C15H11.C9H13.C2H6Si.2ClH.Zr/c1-2-6-12(7-3-1)15-11-10-13-8-4-5-9-14(13)15;1-6-5-7(2)9(4)8(6)3;1-3-2;;;/h1-11H;6H,1-4H3;1-2H3;2*1H;/q2*-1;;;;+2. The van der Waals surface area contributed by atoms with E-state index in [1.54, 1.807) is 23.3 Å². The Morgan fingerprint density at radius 3 is 1.90 bits per heavy atom. The first-order valence-corrected chi connectivity index (χ1v) is 16.0. The first kappa shape index (κ1) is 29.2. The number of benzene rings is 2. The molecule has 0 amide bonds. The van der Waals surface area contributed by atoms with Crippen LogP contribution in [0.5, 0.6) is 0 Å². The van der Waals surface area contributed by atoms with Crippen LogP contribution >= 0.6 is 24.8 Å². The summed E-state index contributed by atoms with van der Waals surface area (Å²) in [5.74, 6) is 0.560. The van der Waals surface area contributed by atoms with Crippen LogP contribution in [0.3, 0.4) is 0 Å². The fraction of sp³-hybridized carbons (Fsp3) is 0.269. The molecule has 3 aromatic carbocycles. The van der Waals surface area contributed by atoms with Crippen LogP contribution in [0, 0.1) is 12.0 Å².